The third-order valence-corrected chi connectivity index (χ3v) is 9.62. The summed E-state index contributed by atoms with van der Waals surface area (Å²) in [4.78, 5) is 30.5. The predicted octanol–water partition coefficient (Wildman–Crippen LogP) is 5.97. The summed E-state index contributed by atoms with van der Waals surface area (Å²) in [6.45, 7) is 5.13. The molecule has 50 heavy (non-hydrogen) atoms. The molecule has 11 nitrogen and oxygen atoms in total. The molecule has 3 aromatic heterocycles. The molecular weight excluding hydrogens is 640 g/mol. The number of nitrogens with zero attached hydrogens (tertiary/aromatic N) is 5. The van der Waals surface area contributed by atoms with Crippen molar-refractivity contribution in [2.45, 2.75) is 25.3 Å². The molecule has 8 rings (SSSR count). The van der Waals surface area contributed by atoms with E-state index < -0.39 is 11.6 Å². The van der Waals surface area contributed by atoms with E-state index in [9.17, 15) is 13.6 Å². The Morgan fingerprint density at radius 3 is 2.58 bits per heavy atom. The number of carbonyl (C=O) groups is 1. The minimum absolute atomic E-state index is 0.188. The van der Waals surface area contributed by atoms with E-state index in [1.807, 2.05) is 30.3 Å². The van der Waals surface area contributed by atoms with Crippen LogP contribution in [0.15, 0.2) is 67.1 Å². The van der Waals surface area contributed by atoms with Gasteiger partial charge in [0.2, 0.25) is 0 Å². The van der Waals surface area contributed by atoms with Crippen LogP contribution >= 0.6 is 0 Å². The number of hydrogen-bond donors (Lipinski definition) is 4. The number of rotatable bonds is 8. The van der Waals surface area contributed by atoms with Crippen LogP contribution in [0.3, 0.4) is 0 Å². The van der Waals surface area contributed by atoms with Crippen molar-refractivity contribution in [3.05, 3.63) is 95.4 Å². The second-order valence-corrected chi connectivity index (χ2v) is 13.1. The summed E-state index contributed by atoms with van der Waals surface area (Å²) in [7, 11) is 2.13. The number of fused-ring (bicyclic) bond motifs is 2. The Morgan fingerprint density at radius 1 is 0.980 bits per heavy atom. The highest BCUT2D eigenvalue weighted by Crippen LogP contribution is 2.34. The third-order valence-electron chi connectivity index (χ3n) is 9.62. The largest absolute Gasteiger partial charge is 0.381 e. The van der Waals surface area contributed by atoms with Gasteiger partial charge in [0, 0.05) is 80.0 Å². The Morgan fingerprint density at radius 2 is 1.78 bits per heavy atom. The number of pyridine rings is 1. The first kappa shape index (κ1) is 31.8. The molecule has 0 saturated carbocycles. The minimum atomic E-state index is -0.651. The summed E-state index contributed by atoms with van der Waals surface area (Å²) in [5, 5.41) is 14.9. The van der Waals surface area contributed by atoms with Gasteiger partial charge in [-0.3, -0.25) is 9.89 Å². The fraction of sp³-hybridized carbons (Fsp3) is 0.297. The number of hydrogen-bond acceptors (Lipinski definition) is 8. The molecule has 0 radical (unpaired) electrons. The zero-order valence-electron chi connectivity index (χ0n) is 27.6. The lowest BCUT2D eigenvalue weighted by molar-refractivity contribution is 0.0904. The topological polar surface area (TPSA) is 127 Å². The maximum absolute atomic E-state index is 14.3. The molecule has 4 N–H and O–H groups in total. The van der Waals surface area contributed by atoms with Gasteiger partial charge in [0.25, 0.3) is 5.91 Å². The Labute approximate surface area is 287 Å². The highest BCUT2D eigenvalue weighted by Gasteiger charge is 2.23. The normalized spacial score (nSPS) is 15.9. The number of imidazole rings is 1. The molecule has 2 aliphatic rings. The first-order chi connectivity index (χ1) is 24.4. The third kappa shape index (κ3) is 6.61. The van der Waals surface area contributed by atoms with Crippen molar-refractivity contribution in [3.8, 4) is 11.1 Å². The van der Waals surface area contributed by atoms with Gasteiger partial charge in [0.15, 0.2) is 11.5 Å². The van der Waals surface area contributed by atoms with Crippen LogP contribution in [0, 0.1) is 11.6 Å². The van der Waals surface area contributed by atoms with Gasteiger partial charge < -0.3 is 30.2 Å². The van der Waals surface area contributed by atoms with Crippen LogP contribution in [0.2, 0.25) is 0 Å². The first-order valence-corrected chi connectivity index (χ1v) is 16.8. The molecule has 1 amide bonds. The molecule has 2 saturated heterocycles. The number of carbonyl (C=O) groups excluding carboxylic acids is 1. The average Bonchev–Trinajstić information content (AvgIpc) is 3.74. The van der Waals surface area contributed by atoms with Gasteiger partial charge in [-0.15, -0.1) is 0 Å². The molecule has 2 aliphatic heterocycles. The van der Waals surface area contributed by atoms with Gasteiger partial charge in [-0.25, -0.2) is 18.7 Å². The Kier molecular flexibility index (Phi) is 8.59. The Bertz CT molecular complexity index is 2160. The summed E-state index contributed by atoms with van der Waals surface area (Å²) < 4.78 is 34.1. The number of halogens is 2. The summed E-state index contributed by atoms with van der Waals surface area (Å²) in [5.74, 6) is -1.25. The smallest absolute Gasteiger partial charge is 0.258 e. The van der Waals surface area contributed by atoms with Crippen LogP contribution < -0.4 is 15.5 Å². The van der Waals surface area contributed by atoms with Crippen LogP contribution in [0.1, 0.15) is 34.3 Å². The molecule has 0 atom stereocenters. The van der Waals surface area contributed by atoms with Crippen molar-refractivity contribution in [2.24, 2.45) is 0 Å². The van der Waals surface area contributed by atoms with Crippen molar-refractivity contribution in [3.63, 3.8) is 0 Å². The van der Waals surface area contributed by atoms with Gasteiger partial charge in [-0.2, -0.15) is 5.10 Å². The molecule has 13 heteroatoms. The number of benzene rings is 3. The van der Waals surface area contributed by atoms with Gasteiger partial charge >= 0.3 is 0 Å². The van der Waals surface area contributed by atoms with Crippen molar-refractivity contribution in [1.29, 1.82) is 0 Å². The summed E-state index contributed by atoms with van der Waals surface area (Å²) in [6.07, 6.45) is 5.24. The van der Waals surface area contributed by atoms with Crippen molar-refractivity contribution >= 4 is 45.2 Å². The van der Waals surface area contributed by atoms with E-state index in [1.54, 1.807) is 12.5 Å². The number of likely N-dealkylation sites (N-methyl/N-ethyl adjacent to an activating group) is 1. The second-order valence-electron chi connectivity index (χ2n) is 13.1. The molecule has 2 fully saturated rings. The van der Waals surface area contributed by atoms with Gasteiger partial charge in [0.05, 0.1) is 17.4 Å². The maximum Gasteiger partial charge on any atom is 0.258 e. The molecular formula is C37H37F2N9O2. The summed E-state index contributed by atoms with van der Waals surface area (Å²) in [6, 6.07) is 15.4. The Balaban J connectivity index is 1.14. The number of ether oxygens (including phenoxy) is 1. The minimum Gasteiger partial charge on any atom is -0.381 e. The molecule has 0 spiro atoms. The molecule has 0 aliphatic carbocycles. The number of amides is 1. The van der Waals surface area contributed by atoms with Crippen molar-refractivity contribution in [1.82, 2.24) is 30.0 Å². The first-order valence-electron chi connectivity index (χ1n) is 16.8. The standard InChI is InChI=1S/C37H37F2N9O2/c1-47-6-8-48(9-7-47)28-2-3-29(32(18-28)43-27-4-10-50-11-5-27)37(49)44-35-31-15-23(12-22-13-25(38)17-26(39)14-22)30(19-33(31)45-46-35)24-16-34-36(40-20-24)42-21-41-34/h2-3,13-21,27,43H,4-12H2,1H3,(H,40,41,42)(H2,44,45,46,49). The van der Waals surface area contributed by atoms with Gasteiger partial charge in [-0.05, 0) is 91.5 Å². The van der Waals surface area contributed by atoms with E-state index in [4.69, 9.17) is 4.74 Å². The van der Waals surface area contributed by atoms with Crippen LogP contribution in [0.4, 0.5) is 26.0 Å². The number of aromatic nitrogens is 5. The van der Waals surface area contributed by atoms with E-state index in [2.05, 4.69) is 58.7 Å². The van der Waals surface area contributed by atoms with E-state index >= 15 is 0 Å². The molecule has 5 heterocycles. The average molecular weight is 678 g/mol. The van der Waals surface area contributed by atoms with Gasteiger partial charge in [0.1, 0.15) is 17.2 Å². The van der Waals surface area contributed by atoms with Crippen molar-refractivity contribution in [2.75, 3.05) is 62.0 Å². The zero-order valence-corrected chi connectivity index (χ0v) is 27.6. The maximum atomic E-state index is 14.3. The Hall–Kier alpha value is -5.40. The number of aromatic amines is 2. The quantitative estimate of drug-likeness (QED) is 0.155. The van der Waals surface area contributed by atoms with E-state index in [0.717, 1.165) is 73.2 Å². The molecule has 3 aromatic carbocycles. The van der Waals surface area contributed by atoms with Crippen LogP contribution in [-0.4, -0.2) is 88.4 Å². The van der Waals surface area contributed by atoms with Crippen molar-refractivity contribution < 1.29 is 18.3 Å². The number of anilines is 3. The molecule has 0 bridgehead atoms. The highest BCUT2D eigenvalue weighted by atomic mass is 19.1. The lowest BCUT2D eigenvalue weighted by Gasteiger charge is -2.34. The zero-order chi connectivity index (χ0) is 34.2. The summed E-state index contributed by atoms with van der Waals surface area (Å²) in [5.41, 5.74) is 7.18. The predicted molar refractivity (Wildman–Crippen MR) is 190 cm³/mol. The number of piperazine rings is 1. The van der Waals surface area contributed by atoms with Crippen LogP contribution in [-0.2, 0) is 11.2 Å². The summed E-state index contributed by atoms with van der Waals surface area (Å²) >= 11 is 0. The fourth-order valence-corrected chi connectivity index (χ4v) is 6.87. The molecule has 0 unspecified atom stereocenters. The molecule has 6 aromatic rings. The number of H-pyrrole nitrogens is 2. The fourth-order valence-electron chi connectivity index (χ4n) is 6.87. The van der Waals surface area contributed by atoms with Crippen LogP contribution in [0.5, 0.6) is 0 Å². The lowest BCUT2D eigenvalue weighted by atomic mass is 9.94. The molecule has 256 valence electrons. The van der Waals surface area contributed by atoms with E-state index in [-0.39, 0.29) is 18.4 Å². The second kappa shape index (κ2) is 13.5. The van der Waals surface area contributed by atoms with Gasteiger partial charge in [-0.1, -0.05) is 0 Å². The monoisotopic (exact) mass is 677 g/mol. The highest BCUT2D eigenvalue weighted by molar-refractivity contribution is 6.11. The van der Waals surface area contributed by atoms with Crippen LogP contribution in [0.25, 0.3) is 33.2 Å². The lowest BCUT2D eigenvalue weighted by Crippen LogP contribution is -2.44. The van der Waals surface area contributed by atoms with E-state index in [1.165, 1.54) is 12.1 Å². The van der Waals surface area contributed by atoms with E-state index in [0.29, 0.717) is 52.2 Å². The SMILES string of the molecule is CN1CCN(c2ccc(C(=O)Nc3n[nH]c4cc(-c5cnc6[nH]cnc6c5)c(Cc5cc(F)cc(F)c5)cc34)c(NC3CCOCC3)c2)CC1. The number of nitrogens with one attached hydrogen (secondary N) is 4.